The van der Waals surface area contributed by atoms with Crippen LogP contribution in [0.3, 0.4) is 0 Å². The predicted octanol–water partition coefficient (Wildman–Crippen LogP) is 3.82. The molecule has 1 saturated heterocycles. The average Bonchev–Trinajstić information content (AvgIpc) is 2.62. The topological polar surface area (TPSA) is 35.5 Å². The normalized spacial score (nSPS) is 39.4. The fourth-order valence-corrected chi connectivity index (χ4v) is 7.18. The van der Waals surface area contributed by atoms with E-state index in [1.54, 1.807) is 19.3 Å². The Balaban J connectivity index is 1.23. The Kier molecular flexibility index (Phi) is 4.48. The lowest BCUT2D eigenvalue weighted by Crippen LogP contribution is -2.54. The number of nitrogens with one attached hydrogen (secondary N) is 1. The summed E-state index contributed by atoms with van der Waals surface area (Å²) in [5.74, 6) is 3.57. The van der Waals surface area contributed by atoms with Crippen molar-refractivity contribution >= 4 is 0 Å². The zero-order chi connectivity index (χ0) is 17.6. The number of hydrogen-bond donors (Lipinski definition) is 2. The molecule has 1 atom stereocenters. The third-order valence-corrected chi connectivity index (χ3v) is 7.97. The Morgan fingerprint density at radius 2 is 1.65 bits per heavy atom. The second-order valence-electron chi connectivity index (χ2n) is 9.93. The molecule has 4 bridgehead atoms. The molecule has 0 spiro atoms. The first-order valence-electron chi connectivity index (χ1n) is 10.9. The second kappa shape index (κ2) is 6.83. The third kappa shape index (κ3) is 3.41. The van der Waals surface area contributed by atoms with E-state index in [-0.39, 0.29) is 0 Å². The van der Waals surface area contributed by atoms with Crippen molar-refractivity contribution in [2.24, 2.45) is 23.2 Å². The van der Waals surface area contributed by atoms with Crippen molar-refractivity contribution in [3.63, 3.8) is 0 Å². The molecule has 2 N–H and O–H groups in total. The molecule has 1 aliphatic heterocycles. The fraction of sp³-hybridized carbons (Fsp3) is 0.739. The highest BCUT2D eigenvalue weighted by Crippen LogP contribution is 2.61. The summed E-state index contributed by atoms with van der Waals surface area (Å²) in [7, 11) is 0. The zero-order valence-electron chi connectivity index (χ0n) is 16.0. The molecular formula is C23H34N2O. The minimum Gasteiger partial charge on any atom is -0.508 e. The van der Waals surface area contributed by atoms with E-state index in [2.05, 4.69) is 22.3 Å². The van der Waals surface area contributed by atoms with Crippen molar-refractivity contribution in [1.82, 2.24) is 10.2 Å². The van der Waals surface area contributed by atoms with Crippen molar-refractivity contribution in [1.29, 1.82) is 0 Å². The molecule has 1 aromatic rings. The largest absolute Gasteiger partial charge is 0.508 e. The van der Waals surface area contributed by atoms with Crippen LogP contribution in [-0.2, 0) is 6.42 Å². The van der Waals surface area contributed by atoms with Crippen molar-refractivity contribution in [2.75, 3.05) is 26.2 Å². The number of phenolic OH excluding ortho intramolecular Hbond substituents is 1. The van der Waals surface area contributed by atoms with Gasteiger partial charge in [0.1, 0.15) is 5.75 Å². The van der Waals surface area contributed by atoms with Gasteiger partial charge in [-0.25, -0.2) is 0 Å². The summed E-state index contributed by atoms with van der Waals surface area (Å²) in [4.78, 5) is 2.77. The lowest BCUT2D eigenvalue weighted by molar-refractivity contribution is -0.0629. The van der Waals surface area contributed by atoms with Gasteiger partial charge in [-0.15, -0.1) is 0 Å². The van der Waals surface area contributed by atoms with Crippen LogP contribution in [0, 0.1) is 23.2 Å². The summed E-state index contributed by atoms with van der Waals surface area (Å²) in [6, 6.07) is 8.42. The maximum atomic E-state index is 9.53. The molecule has 6 rings (SSSR count). The van der Waals surface area contributed by atoms with Crippen molar-refractivity contribution in [3.8, 4) is 5.75 Å². The molecule has 0 unspecified atom stereocenters. The van der Waals surface area contributed by atoms with Gasteiger partial charge in [0.25, 0.3) is 0 Å². The number of phenols is 1. The van der Waals surface area contributed by atoms with Gasteiger partial charge in [-0.1, -0.05) is 12.1 Å². The van der Waals surface area contributed by atoms with Crippen LogP contribution in [0.4, 0.5) is 0 Å². The molecule has 26 heavy (non-hydrogen) atoms. The van der Waals surface area contributed by atoms with Gasteiger partial charge in [-0.05, 0) is 98.8 Å². The average molecular weight is 355 g/mol. The van der Waals surface area contributed by atoms with Gasteiger partial charge in [-0.2, -0.15) is 0 Å². The van der Waals surface area contributed by atoms with E-state index in [1.165, 1.54) is 44.3 Å². The fourth-order valence-electron chi connectivity index (χ4n) is 7.18. The van der Waals surface area contributed by atoms with Crippen LogP contribution < -0.4 is 5.32 Å². The Morgan fingerprint density at radius 1 is 1.00 bits per heavy atom. The molecule has 4 saturated carbocycles. The predicted molar refractivity (Wildman–Crippen MR) is 105 cm³/mol. The SMILES string of the molecule is Oc1ccc(C[C@H]2CNCCN2CCC23CC4CC(CC(C4)C2)C3)cc1. The number of piperazine rings is 1. The summed E-state index contributed by atoms with van der Waals surface area (Å²) in [6.07, 6.45) is 11.8. The van der Waals surface area contributed by atoms with Crippen LogP contribution in [0.1, 0.15) is 50.5 Å². The van der Waals surface area contributed by atoms with Crippen LogP contribution in [-0.4, -0.2) is 42.2 Å². The van der Waals surface area contributed by atoms with Crippen LogP contribution in [0.2, 0.25) is 0 Å². The highest BCUT2D eigenvalue weighted by molar-refractivity contribution is 5.26. The maximum Gasteiger partial charge on any atom is 0.115 e. The van der Waals surface area contributed by atoms with Crippen molar-refractivity contribution in [3.05, 3.63) is 29.8 Å². The molecule has 0 radical (unpaired) electrons. The Bertz CT molecular complexity index is 590. The smallest absolute Gasteiger partial charge is 0.115 e. The molecule has 0 aromatic heterocycles. The number of rotatable bonds is 5. The molecule has 3 heteroatoms. The Hall–Kier alpha value is -1.06. The van der Waals surface area contributed by atoms with Gasteiger partial charge < -0.3 is 10.4 Å². The van der Waals surface area contributed by atoms with E-state index in [4.69, 9.17) is 0 Å². The number of nitrogens with zero attached hydrogens (tertiary/aromatic N) is 1. The summed E-state index contributed by atoms with van der Waals surface area (Å²) < 4.78 is 0. The summed E-state index contributed by atoms with van der Waals surface area (Å²) in [5.41, 5.74) is 2.04. The monoisotopic (exact) mass is 354 g/mol. The molecule has 1 aromatic carbocycles. The van der Waals surface area contributed by atoms with Crippen LogP contribution >= 0.6 is 0 Å². The number of aromatic hydroxyl groups is 1. The summed E-state index contributed by atoms with van der Waals surface area (Å²) in [6.45, 7) is 4.71. The lowest BCUT2D eigenvalue weighted by Gasteiger charge is -2.57. The first kappa shape index (κ1) is 17.1. The zero-order valence-corrected chi connectivity index (χ0v) is 16.0. The minimum absolute atomic E-state index is 0.370. The van der Waals surface area contributed by atoms with E-state index in [0.717, 1.165) is 37.3 Å². The summed E-state index contributed by atoms with van der Waals surface area (Å²) >= 11 is 0. The van der Waals surface area contributed by atoms with Gasteiger partial charge in [-0.3, -0.25) is 4.90 Å². The quantitative estimate of drug-likeness (QED) is 0.844. The molecule has 0 amide bonds. The molecule has 4 aliphatic carbocycles. The molecule has 3 nitrogen and oxygen atoms in total. The molecule has 1 heterocycles. The third-order valence-electron chi connectivity index (χ3n) is 7.97. The highest BCUT2D eigenvalue weighted by Gasteiger charge is 2.50. The molecular weight excluding hydrogens is 320 g/mol. The highest BCUT2D eigenvalue weighted by atomic mass is 16.3. The van der Waals surface area contributed by atoms with Gasteiger partial charge in [0.15, 0.2) is 0 Å². The maximum absolute atomic E-state index is 9.53. The molecule has 5 aliphatic rings. The van der Waals surface area contributed by atoms with Crippen LogP contribution in [0.5, 0.6) is 5.75 Å². The van der Waals surface area contributed by atoms with Gasteiger partial charge in [0.05, 0.1) is 0 Å². The van der Waals surface area contributed by atoms with Crippen LogP contribution in [0.25, 0.3) is 0 Å². The summed E-state index contributed by atoms with van der Waals surface area (Å²) in [5, 5.41) is 13.1. The number of benzene rings is 1. The number of hydrogen-bond acceptors (Lipinski definition) is 3. The van der Waals surface area contributed by atoms with E-state index in [9.17, 15) is 5.11 Å². The van der Waals surface area contributed by atoms with Gasteiger partial charge >= 0.3 is 0 Å². The van der Waals surface area contributed by atoms with Gasteiger partial charge in [0.2, 0.25) is 0 Å². The first-order chi connectivity index (χ1) is 12.7. The molecule has 5 fully saturated rings. The molecule has 142 valence electrons. The lowest BCUT2D eigenvalue weighted by atomic mass is 9.49. The second-order valence-corrected chi connectivity index (χ2v) is 9.93. The van der Waals surface area contributed by atoms with Crippen molar-refractivity contribution in [2.45, 2.75) is 57.4 Å². The van der Waals surface area contributed by atoms with E-state index in [0.29, 0.717) is 17.2 Å². The van der Waals surface area contributed by atoms with Crippen molar-refractivity contribution < 1.29 is 5.11 Å². The Labute approximate surface area is 158 Å². The van der Waals surface area contributed by atoms with E-state index >= 15 is 0 Å². The Morgan fingerprint density at radius 3 is 2.31 bits per heavy atom. The standard InChI is InChI=1S/C23H34N2O/c26-22-3-1-17(2-4-22)12-21-16-24-6-8-25(21)7-5-23-13-18-9-19(14-23)11-20(10-18)15-23/h1-4,18-21,24,26H,5-16H2/t18?,19?,20?,21-,23?/m0/s1. The first-order valence-corrected chi connectivity index (χ1v) is 10.9. The minimum atomic E-state index is 0.370. The van der Waals surface area contributed by atoms with Gasteiger partial charge in [0, 0.05) is 25.7 Å². The van der Waals surface area contributed by atoms with E-state index in [1.807, 2.05) is 12.1 Å². The van der Waals surface area contributed by atoms with Crippen LogP contribution in [0.15, 0.2) is 24.3 Å². The van der Waals surface area contributed by atoms with E-state index < -0.39 is 0 Å².